The molecule has 6 heteroatoms. The largest absolute Gasteiger partial charge is 0.355 e. The average molecular weight is 458 g/mol. The van der Waals surface area contributed by atoms with E-state index in [1.807, 2.05) is 70.4 Å². The highest BCUT2D eigenvalue weighted by Gasteiger charge is 2.14. The van der Waals surface area contributed by atoms with Gasteiger partial charge in [0.25, 0.3) is 0 Å². The van der Waals surface area contributed by atoms with E-state index in [9.17, 15) is 9.18 Å². The molecule has 0 radical (unpaired) electrons. The van der Waals surface area contributed by atoms with Crippen molar-refractivity contribution in [1.29, 1.82) is 0 Å². The minimum atomic E-state index is -0.244. The van der Waals surface area contributed by atoms with Gasteiger partial charge in [-0.1, -0.05) is 57.5 Å². The van der Waals surface area contributed by atoms with Crippen molar-refractivity contribution in [3.63, 3.8) is 0 Å². The number of nitrogens with one attached hydrogen (secondary N) is 1. The van der Waals surface area contributed by atoms with Crippen molar-refractivity contribution in [2.75, 3.05) is 6.54 Å². The summed E-state index contributed by atoms with van der Waals surface area (Å²) < 4.78 is 15.3. The molecule has 1 amide bonds. The normalized spacial score (nSPS) is 10.8. The number of imidazole rings is 1. The first kappa shape index (κ1) is 27.4. The number of hydrogen-bond donors (Lipinski definition) is 1. The molecule has 0 bridgehead atoms. The lowest BCUT2D eigenvalue weighted by Crippen LogP contribution is -2.32. The van der Waals surface area contributed by atoms with Crippen LogP contribution in [0, 0.1) is 12.7 Å². The number of hydrogen-bond acceptors (Lipinski definition) is 3. The SMILES string of the molecule is CC.CC.Cc1cccc(SC(C)C(=O)NCCc2cncn2Cc2cccc(F)c2)c1. The predicted octanol–water partition coefficient (Wildman–Crippen LogP) is 6.27. The minimum Gasteiger partial charge on any atom is -0.355 e. The van der Waals surface area contributed by atoms with Crippen molar-refractivity contribution in [2.45, 2.75) is 64.7 Å². The Morgan fingerprint density at radius 3 is 2.53 bits per heavy atom. The van der Waals surface area contributed by atoms with Gasteiger partial charge in [-0.05, 0) is 43.7 Å². The van der Waals surface area contributed by atoms with Crippen LogP contribution >= 0.6 is 11.8 Å². The van der Waals surface area contributed by atoms with E-state index in [1.165, 1.54) is 17.7 Å². The van der Waals surface area contributed by atoms with Gasteiger partial charge >= 0.3 is 0 Å². The van der Waals surface area contributed by atoms with E-state index in [0.29, 0.717) is 19.5 Å². The Morgan fingerprint density at radius 1 is 1.12 bits per heavy atom. The molecule has 0 aliphatic rings. The van der Waals surface area contributed by atoms with Gasteiger partial charge in [0.15, 0.2) is 0 Å². The number of rotatable bonds is 8. The lowest BCUT2D eigenvalue weighted by atomic mass is 10.2. The monoisotopic (exact) mass is 457 g/mol. The molecule has 0 fully saturated rings. The molecule has 2 aromatic carbocycles. The third-order valence-electron chi connectivity index (χ3n) is 4.39. The van der Waals surface area contributed by atoms with Gasteiger partial charge in [0.2, 0.25) is 5.91 Å². The molecule has 0 saturated carbocycles. The van der Waals surface area contributed by atoms with Crippen molar-refractivity contribution in [2.24, 2.45) is 0 Å². The molecule has 0 aliphatic carbocycles. The molecule has 0 saturated heterocycles. The molecule has 174 valence electrons. The summed E-state index contributed by atoms with van der Waals surface area (Å²) in [4.78, 5) is 17.7. The number of carbonyl (C=O) groups is 1. The molecule has 1 atom stereocenters. The van der Waals surface area contributed by atoms with Gasteiger partial charge < -0.3 is 9.88 Å². The predicted molar refractivity (Wildman–Crippen MR) is 134 cm³/mol. The molecule has 4 nitrogen and oxygen atoms in total. The second-order valence-electron chi connectivity index (χ2n) is 6.76. The highest BCUT2D eigenvalue weighted by atomic mass is 32.2. The first-order chi connectivity index (χ1) is 15.5. The van der Waals surface area contributed by atoms with E-state index in [4.69, 9.17) is 0 Å². The van der Waals surface area contributed by atoms with Crippen molar-refractivity contribution in [3.05, 3.63) is 83.7 Å². The minimum absolute atomic E-state index is 0.0164. The molecule has 3 aromatic rings. The van der Waals surface area contributed by atoms with Gasteiger partial charge in [0, 0.05) is 36.3 Å². The summed E-state index contributed by atoms with van der Waals surface area (Å²) in [5, 5.41) is 2.83. The zero-order chi connectivity index (χ0) is 23.9. The summed E-state index contributed by atoms with van der Waals surface area (Å²) >= 11 is 1.55. The molecular formula is C26H36FN3OS. The van der Waals surface area contributed by atoms with Crippen molar-refractivity contribution >= 4 is 17.7 Å². The van der Waals surface area contributed by atoms with Crippen LogP contribution in [0.5, 0.6) is 0 Å². The molecule has 1 aromatic heterocycles. The van der Waals surface area contributed by atoms with E-state index in [2.05, 4.69) is 16.4 Å². The van der Waals surface area contributed by atoms with E-state index >= 15 is 0 Å². The number of thioether (sulfide) groups is 1. The van der Waals surface area contributed by atoms with E-state index in [1.54, 1.807) is 30.4 Å². The van der Waals surface area contributed by atoms with Gasteiger partial charge in [0.05, 0.1) is 11.6 Å². The third kappa shape index (κ3) is 9.27. The molecule has 32 heavy (non-hydrogen) atoms. The number of aryl methyl sites for hydroxylation is 1. The number of aromatic nitrogens is 2. The molecule has 3 rings (SSSR count). The Balaban J connectivity index is 0.00000121. The van der Waals surface area contributed by atoms with Gasteiger partial charge in [-0.25, -0.2) is 9.37 Å². The first-order valence-electron chi connectivity index (χ1n) is 11.3. The van der Waals surface area contributed by atoms with Crippen LogP contribution in [0.2, 0.25) is 0 Å². The Hall–Kier alpha value is -2.60. The topological polar surface area (TPSA) is 46.9 Å². The van der Waals surface area contributed by atoms with E-state index in [-0.39, 0.29) is 17.0 Å². The highest BCUT2D eigenvalue weighted by Crippen LogP contribution is 2.23. The van der Waals surface area contributed by atoms with Crippen LogP contribution in [-0.4, -0.2) is 27.3 Å². The smallest absolute Gasteiger partial charge is 0.233 e. The number of nitrogens with zero attached hydrogens (tertiary/aromatic N) is 2. The van der Waals surface area contributed by atoms with E-state index < -0.39 is 0 Å². The maximum atomic E-state index is 13.4. The summed E-state index contributed by atoms with van der Waals surface area (Å²) in [7, 11) is 0. The second kappa shape index (κ2) is 15.2. The summed E-state index contributed by atoms with van der Waals surface area (Å²) in [6, 6.07) is 14.7. The maximum Gasteiger partial charge on any atom is 0.233 e. The number of benzene rings is 2. The molecular weight excluding hydrogens is 421 g/mol. The van der Waals surface area contributed by atoms with Gasteiger partial charge in [0.1, 0.15) is 5.82 Å². The van der Waals surface area contributed by atoms with Gasteiger partial charge in [-0.3, -0.25) is 4.79 Å². The quantitative estimate of drug-likeness (QED) is 0.406. The van der Waals surface area contributed by atoms with Crippen LogP contribution in [0.1, 0.15) is 51.4 Å². The molecule has 0 spiro atoms. The molecule has 1 unspecified atom stereocenters. The van der Waals surface area contributed by atoms with Crippen molar-refractivity contribution in [1.82, 2.24) is 14.9 Å². The van der Waals surface area contributed by atoms with Crippen LogP contribution in [-0.2, 0) is 17.8 Å². The Bertz CT molecular complexity index is 942. The van der Waals surface area contributed by atoms with Crippen LogP contribution < -0.4 is 5.32 Å². The van der Waals surface area contributed by atoms with Gasteiger partial charge in [-0.15, -0.1) is 11.8 Å². The maximum absolute atomic E-state index is 13.4. The number of carbonyl (C=O) groups excluding carboxylic acids is 1. The molecule has 1 N–H and O–H groups in total. The molecule has 1 heterocycles. The van der Waals surface area contributed by atoms with Crippen LogP contribution in [0.3, 0.4) is 0 Å². The highest BCUT2D eigenvalue weighted by molar-refractivity contribution is 8.00. The van der Waals surface area contributed by atoms with Gasteiger partial charge in [-0.2, -0.15) is 0 Å². The average Bonchev–Trinajstić information content (AvgIpc) is 3.23. The number of halogens is 1. The number of amides is 1. The Morgan fingerprint density at radius 2 is 1.84 bits per heavy atom. The molecule has 0 aliphatic heterocycles. The lowest BCUT2D eigenvalue weighted by Gasteiger charge is -2.13. The fraction of sp³-hybridized carbons (Fsp3) is 0.385. The van der Waals surface area contributed by atoms with Crippen LogP contribution in [0.4, 0.5) is 4.39 Å². The first-order valence-corrected chi connectivity index (χ1v) is 12.1. The zero-order valence-electron chi connectivity index (χ0n) is 20.1. The Kier molecular flexibility index (Phi) is 13.1. The summed E-state index contributed by atoms with van der Waals surface area (Å²) in [6.45, 7) is 13.0. The fourth-order valence-corrected chi connectivity index (χ4v) is 3.94. The lowest BCUT2D eigenvalue weighted by molar-refractivity contribution is -0.120. The summed E-state index contributed by atoms with van der Waals surface area (Å²) in [6.07, 6.45) is 4.19. The van der Waals surface area contributed by atoms with E-state index in [0.717, 1.165) is 16.2 Å². The fourth-order valence-electron chi connectivity index (χ4n) is 2.93. The second-order valence-corrected chi connectivity index (χ2v) is 8.17. The van der Waals surface area contributed by atoms with Crippen molar-refractivity contribution < 1.29 is 9.18 Å². The Labute approximate surface area is 196 Å². The van der Waals surface area contributed by atoms with Crippen LogP contribution in [0.25, 0.3) is 0 Å². The summed E-state index contributed by atoms with van der Waals surface area (Å²) in [5.74, 6) is -0.228. The summed E-state index contributed by atoms with van der Waals surface area (Å²) in [5.41, 5.74) is 3.07. The van der Waals surface area contributed by atoms with Crippen LogP contribution in [0.15, 0.2) is 66.0 Å². The third-order valence-corrected chi connectivity index (χ3v) is 5.49. The zero-order valence-corrected chi connectivity index (χ0v) is 20.9. The van der Waals surface area contributed by atoms with Crippen molar-refractivity contribution in [3.8, 4) is 0 Å². The standard InChI is InChI=1S/C22H24FN3OS.2C2H6/c1-16-5-3-8-21(11-16)28-17(2)22(27)25-10-9-20-13-24-15-26(20)14-18-6-4-7-19(23)12-18;2*1-2/h3-8,11-13,15,17H,9-10,14H2,1-2H3,(H,25,27);2*1-2H3.